The highest BCUT2D eigenvalue weighted by molar-refractivity contribution is 7.89. The number of halogens is 1. The Hall–Kier alpha value is -2.00. The van der Waals surface area contributed by atoms with Gasteiger partial charge in [-0.05, 0) is 24.3 Å². The van der Waals surface area contributed by atoms with Gasteiger partial charge in [0.1, 0.15) is 6.67 Å². The van der Waals surface area contributed by atoms with Gasteiger partial charge in [-0.3, -0.25) is 4.79 Å². The zero-order valence-electron chi connectivity index (χ0n) is 12.8. The van der Waals surface area contributed by atoms with Crippen LogP contribution in [0.25, 0.3) is 0 Å². The molecule has 23 heavy (non-hydrogen) atoms. The number of nitrogens with one attached hydrogen (secondary N) is 1. The smallest absolute Gasteiger partial charge is 0.328 e. The van der Waals surface area contributed by atoms with Crippen LogP contribution in [0.15, 0.2) is 29.2 Å². The highest BCUT2D eigenvalue weighted by atomic mass is 32.2. The van der Waals surface area contributed by atoms with Gasteiger partial charge in [0, 0.05) is 18.7 Å². The van der Waals surface area contributed by atoms with Gasteiger partial charge in [-0.25, -0.2) is 17.6 Å². The van der Waals surface area contributed by atoms with E-state index in [2.05, 4.69) is 0 Å². The number of amides is 1. The van der Waals surface area contributed by atoms with Crippen molar-refractivity contribution < 1.29 is 27.5 Å². The first-order chi connectivity index (χ1) is 10.8. The van der Waals surface area contributed by atoms with Gasteiger partial charge in [-0.15, -0.1) is 0 Å². The van der Waals surface area contributed by atoms with Crippen molar-refractivity contribution in [2.75, 3.05) is 19.8 Å². The Kier molecular flexibility index (Phi) is 6.64. The minimum absolute atomic E-state index is 0.0260. The van der Waals surface area contributed by atoms with Crippen molar-refractivity contribution >= 4 is 21.9 Å². The summed E-state index contributed by atoms with van der Waals surface area (Å²) in [4.78, 5) is 22.5. The molecule has 0 saturated carbocycles. The van der Waals surface area contributed by atoms with Crippen LogP contribution in [0.4, 0.5) is 4.39 Å². The second-order valence-corrected chi connectivity index (χ2v) is 6.57. The summed E-state index contributed by atoms with van der Waals surface area (Å²) in [6.07, 6.45) is 0. The number of sulfonamides is 1. The molecule has 0 aliphatic heterocycles. The monoisotopic (exact) mass is 346 g/mol. The Morgan fingerprint density at radius 2 is 1.74 bits per heavy atom. The molecule has 0 radical (unpaired) electrons. The van der Waals surface area contributed by atoms with Gasteiger partial charge in [0.15, 0.2) is 6.04 Å². The minimum Gasteiger partial charge on any atom is -0.480 e. The van der Waals surface area contributed by atoms with Crippen molar-refractivity contribution in [3.05, 3.63) is 29.8 Å². The Bertz CT molecular complexity index is 656. The summed E-state index contributed by atoms with van der Waals surface area (Å²) < 4.78 is 38.3. The van der Waals surface area contributed by atoms with Crippen LogP contribution in [0.3, 0.4) is 0 Å². The number of benzene rings is 1. The van der Waals surface area contributed by atoms with Crippen LogP contribution < -0.4 is 5.32 Å². The Morgan fingerprint density at radius 1 is 1.22 bits per heavy atom. The molecule has 0 saturated heterocycles. The molecule has 2 N–H and O–H groups in total. The Morgan fingerprint density at radius 3 is 2.13 bits per heavy atom. The average molecular weight is 346 g/mol. The van der Waals surface area contributed by atoms with E-state index in [1.807, 2.05) is 5.32 Å². The predicted molar refractivity (Wildman–Crippen MR) is 81.4 cm³/mol. The van der Waals surface area contributed by atoms with Crippen molar-refractivity contribution in [2.24, 2.45) is 0 Å². The maximum atomic E-state index is 12.5. The van der Waals surface area contributed by atoms with Crippen LogP contribution in [0, 0.1) is 0 Å². The fourth-order valence-electron chi connectivity index (χ4n) is 1.90. The fourth-order valence-corrected chi connectivity index (χ4v) is 3.36. The SMILES string of the molecule is CCN(CC)S(=O)(=O)c1ccc(C(=O)NC(CF)C(=O)O)cc1. The molecule has 1 aromatic carbocycles. The van der Waals surface area contributed by atoms with Crippen molar-refractivity contribution in [3.8, 4) is 0 Å². The van der Waals surface area contributed by atoms with Gasteiger partial charge in [-0.1, -0.05) is 13.8 Å². The largest absolute Gasteiger partial charge is 0.480 e. The van der Waals surface area contributed by atoms with E-state index in [4.69, 9.17) is 5.11 Å². The number of carbonyl (C=O) groups excluding carboxylic acids is 1. The van der Waals surface area contributed by atoms with E-state index >= 15 is 0 Å². The summed E-state index contributed by atoms with van der Waals surface area (Å²) in [6, 6.07) is 3.38. The molecular weight excluding hydrogens is 327 g/mol. The molecule has 128 valence electrons. The molecule has 1 aromatic rings. The van der Waals surface area contributed by atoms with Crippen LogP contribution in [-0.2, 0) is 14.8 Å². The van der Waals surface area contributed by atoms with Gasteiger partial charge in [0.2, 0.25) is 10.0 Å². The fraction of sp³-hybridized carbons (Fsp3) is 0.429. The van der Waals surface area contributed by atoms with Crippen molar-refractivity contribution in [2.45, 2.75) is 24.8 Å². The first-order valence-corrected chi connectivity index (χ1v) is 8.41. The zero-order chi connectivity index (χ0) is 17.6. The standard InChI is InChI=1S/C14H19FN2O5S/c1-3-17(4-2)23(21,22)11-7-5-10(6-8-11)13(18)16-12(9-15)14(19)20/h5-8,12H,3-4,9H2,1-2H3,(H,16,18)(H,19,20). The number of carboxylic acid groups (broad SMARTS) is 1. The van der Waals surface area contributed by atoms with E-state index in [1.165, 1.54) is 28.6 Å². The summed E-state index contributed by atoms with van der Waals surface area (Å²) in [5, 5.41) is 10.7. The first kappa shape index (κ1) is 19.0. The molecule has 0 fully saturated rings. The van der Waals surface area contributed by atoms with Crippen LogP contribution in [0.5, 0.6) is 0 Å². The maximum Gasteiger partial charge on any atom is 0.328 e. The maximum absolute atomic E-state index is 12.5. The van der Waals surface area contributed by atoms with E-state index in [-0.39, 0.29) is 10.5 Å². The van der Waals surface area contributed by atoms with E-state index in [0.29, 0.717) is 13.1 Å². The number of hydrogen-bond donors (Lipinski definition) is 2. The summed E-state index contributed by atoms with van der Waals surface area (Å²) >= 11 is 0. The number of carbonyl (C=O) groups is 2. The summed E-state index contributed by atoms with van der Waals surface area (Å²) in [5.41, 5.74) is 0.0446. The molecule has 0 spiro atoms. The molecule has 1 amide bonds. The zero-order valence-corrected chi connectivity index (χ0v) is 13.6. The summed E-state index contributed by atoms with van der Waals surface area (Å²) in [7, 11) is -3.64. The lowest BCUT2D eigenvalue weighted by Gasteiger charge is -2.18. The van der Waals surface area contributed by atoms with Crippen LogP contribution in [-0.4, -0.2) is 55.5 Å². The topological polar surface area (TPSA) is 104 Å². The molecular formula is C14H19FN2O5S. The molecule has 0 aliphatic rings. The van der Waals surface area contributed by atoms with E-state index in [0.717, 1.165) is 0 Å². The van der Waals surface area contributed by atoms with Crippen molar-refractivity contribution in [1.29, 1.82) is 0 Å². The van der Waals surface area contributed by atoms with Gasteiger partial charge in [-0.2, -0.15) is 4.31 Å². The lowest BCUT2D eigenvalue weighted by atomic mass is 10.2. The lowest BCUT2D eigenvalue weighted by Crippen LogP contribution is -2.42. The molecule has 1 unspecified atom stereocenters. The quantitative estimate of drug-likeness (QED) is 0.727. The minimum atomic E-state index is -3.64. The van der Waals surface area contributed by atoms with Crippen molar-refractivity contribution in [1.82, 2.24) is 9.62 Å². The molecule has 0 aliphatic carbocycles. The van der Waals surface area contributed by atoms with E-state index < -0.39 is 34.6 Å². The summed E-state index contributed by atoms with van der Waals surface area (Å²) in [5.74, 6) is -2.27. The molecule has 0 aromatic heterocycles. The molecule has 0 heterocycles. The van der Waals surface area contributed by atoms with Crippen LogP contribution >= 0.6 is 0 Å². The molecule has 1 rings (SSSR count). The number of rotatable bonds is 8. The number of nitrogens with zero attached hydrogens (tertiary/aromatic N) is 1. The number of hydrogen-bond acceptors (Lipinski definition) is 4. The number of alkyl halides is 1. The summed E-state index contributed by atoms with van der Waals surface area (Å²) in [6.45, 7) is 2.82. The molecule has 9 heteroatoms. The van der Waals surface area contributed by atoms with Crippen LogP contribution in [0.1, 0.15) is 24.2 Å². The predicted octanol–water partition coefficient (Wildman–Crippen LogP) is 0.870. The van der Waals surface area contributed by atoms with Gasteiger partial charge in [0.25, 0.3) is 5.91 Å². The molecule has 0 bridgehead atoms. The normalized spacial score (nSPS) is 12.9. The lowest BCUT2D eigenvalue weighted by molar-refractivity contribution is -0.139. The van der Waals surface area contributed by atoms with E-state index in [9.17, 15) is 22.4 Å². The first-order valence-electron chi connectivity index (χ1n) is 6.97. The van der Waals surface area contributed by atoms with Crippen LogP contribution in [0.2, 0.25) is 0 Å². The number of aliphatic carboxylic acids is 1. The van der Waals surface area contributed by atoms with Gasteiger partial charge in [0.05, 0.1) is 4.90 Å². The van der Waals surface area contributed by atoms with Gasteiger partial charge < -0.3 is 10.4 Å². The molecule has 7 nitrogen and oxygen atoms in total. The van der Waals surface area contributed by atoms with E-state index in [1.54, 1.807) is 13.8 Å². The second kappa shape index (κ2) is 8.02. The third-order valence-corrected chi connectivity index (χ3v) is 5.28. The molecule has 1 atom stereocenters. The average Bonchev–Trinajstić information content (AvgIpc) is 2.53. The highest BCUT2D eigenvalue weighted by Gasteiger charge is 2.23. The van der Waals surface area contributed by atoms with Crippen molar-refractivity contribution in [3.63, 3.8) is 0 Å². The third kappa shape index (κ3) is 4.49. The van der Waals surface area contributed by atoms with Gasteiger partial charge >= 0.3 is 5.97 Å². The second-order valence-electron chi connectivity index (χ2n) is 4.63. The Labute approximate surface area is 134 Å². The number of carboxylic acids is 1. The third-order valence-electron chi connectivity index (χ3n) is 3.22. The highest BCUT2D eigenvalue weighted by Crippen LogP contribution is 2.16. The Balaban J connectivity index is 2.96.